The van der Waals surface area contributed by atoms with Gasteiger partial charge in [-0.15, -0.1) is 11.3 Å². The molecule has 3 heterocycles. The first-order chi connectivity index (χ1) is 12.3. The molecule has 1 aliphatic heterocycles. The summed E-state index contributed by atoms with van der Waals surface area (Å²) in [5.74, 6) is 0.339. The molecule has 0 saturated carbocycles. The van der Waals surface area contributed by atoms with Gasteiger partial charge in [0.2, 0.25) is 5.91 Å². The SMILES string of the molecule is C[C@H]1CCc2c(sc3ncn(CC(=O)N[C@H]4CCS(=O)(=O)C4)c(=O)c23)C1. The van der Waals surface area contributed by atoms with Gasteiger partial charge in [0.25, 0.3) is 5.56 Å². The molecule has 4 rings (SSSR count). The Hall–Kier alpha value is -1.74. The van der Waals surface area contributed by atoms with E-state index in [2.05, 4.69) is 17.2 Å². The van der Waals surface area contributed by atoms with Crippen LogP contribution in [0.15, 0.2) is 11.1 Å². The number of aryl methyl sites for hydroxylation is 1. The summed E-state index contributed by atoms with van der Waals surface area (Å²) in [5.41, 5.74) is 0.911. The Kier molecular flexibility index (Phi) is 4.38. The summed E-state index contributed by atoms with van der Waals surface area (Å²) < 4.78 is 24.3. The van der Waals surface area contributed by atoms with Crippen LogP contribution in [0.2, 0.25) is 0 Å². The van der Waals surface area contributed by atoms with Crippen LogP contribution >= 0.6 is 11.3 Å². The van der Waals surface area contributed by atoms with Gasteiger partial charge in [0.05, 0.1) is 23.2 Å². The van der Waals surface area contributed by atoms with E-state index in [4.69, 9.17) is 0 Å². The van der Waals surface area contributed by atoms with Gasteiger partial charge < -0.3 is 5.32 Å². The Morgan fingerprint density at radius 1 is 1.42 bits per heavy atom. The van der Waals surface area contributed by atoms with Gasteiger partial charge in [-0.3, -0.25) is 14.2 Å². The van der Waals surface area contributed by atoms with Crippen molar-refractivity contribution in [1.82, 2.24) is 14.9 Å². The molecule has 2 atom stereocenters. The van der Waals surface area contributed by atoms with Crippen LogP contribution in [0, 0.1) is 5.92 Å². The smallest absolute Gasteiger partial charge is 0.262 e. The van der Waals surface area contributed by atoms with Crippen LogP contribution in [-0.4, -0.2) is 41.4 Å². The number of hydrogen-bond donors (Lipinski definition) is 1. The zero-order valence-electron chi connectivity index (χ0n) is 14.5. The van der Waals surface area contributed by atoms with Crippen molar-refractivity contribution in [3.8, 4) is 0 Å². The average molecular weight is 396 g/mol. The van der Waals surface area contributed by atoms with Crippen LogP contribution in [0.3, 0.4) is 0 Å². The second-order valence-electron chi connectivity index (χ2n) is 7.38. The maximum Gasteiger partial charge on any atom is 0.262 e. The Bertz CT molecular complexity index is 1040. The summed E-state index contributed by atoms with van der Waals surface area (Å²) in [4.78, 5) is 31.5. The van der Waals surface area contributed by atoms with E-state index >= 15 is 0 Å². The number of rotatable bonds is 3. The molecule has 9 heteroatoms. The predicted molar refractivity (Wildman–Crippen MR) is 100 cm³/mol. The first-order valence-corrected chi connectivity index (χ1v) is 11.5. The molecule has 0 radical (unpaired) electrons. The average Bonchev–Trinajstić information content (AvgIpc) is 3.09. The van der Waals surface area contributed by atoms with Gasteiger partial charge in [-0.1, -0.05) is 6.92 Å². The monoisotopic (exact) mass is 395 g/mol. The predicted octanol–water partition coefficient (Wildman–Crippen LogP) is 0.886. The number of aromatic nitrogens is 2. The van der Waals surface area contributed by atoms with E-state index in [1.54, 1.807) is 11.3 Å². The van der Waals surface area contributed by atoms with E-state index in [9.17, 15) is 18.0 Å². The second-order valence-corrected chi connectivity index (χ2v) is 10.7. The van der Waals surface area contributed by atoms with Gasteiger partial charge in [0.1, 0.15) is 11.4 Å². The number of nitrogens with zero attached hydrogens (tertiary/aromatic N) is 2. The van der Waals surface area contributed by atoms with Crippen molar-refractivity contribution in [1.29, 1.82) is 0 Å². The largest absolute Gasteiger partial charge is 0.351 e. The maximum absolute atomic E-state index is 12.9. The Morgan fingerprint density at radius 2 is 2.23 bits per heavy atom. The van der Waals surface area contributed by atoms with Crippen molar-refractivity contribution < 1.29 is 13.2 Å². The van der Waals surface area contributed by atoms with Gasteiger partial charge in [0.15, 0.2) is 9.84 Å². The van der Waals surface area contributed by atoms with E-state index in [0.717, 1.165) is 29.7 Å². The summed E-state index contributed by atoms with van der Waals surface area (Å²) in [6.07, 6.45) is 4.76. The number of carbonyl (C=O) groups excluding carboxylic acids is 1. The molecule has 140 valence electrons. The van der Waals surface area contributed by atoms with Crippen molar-refractivity contribution in [3.63, 3.8) is 0 Å². The van der Waals surface area contributed by atoms with Gasteiger partial charge in [0, 0.05) is 10.9 Å². The van der Waals surface area contributed by atoms with Crippen molar-refractivity contribution >= 4 is 37.3 Å². The number of thiophene rings is 1. The van der Waals surface area contributed by atoms with Crippen LogP contribution in [0.5, 0.6) is 0 Å². The van der Waals surface area contributed by atoms with Gasteiger partial charge >= 0.3 is 0 Å². The lowest BCUT2D eigenvalue weighted by molar-refractivity contribution is -0.122. The van der Waals surface area contributed by atoms with Crippen LogP contribution < -0.4 is 10.9 Å². The standard InChI is InChI=1S/C17H21N3O4S2/c1-10-2-3-12-13(6-10)25-16-15(12)17(22)20(9-18-16)7-14(21)19-11-4-5-26(23,24)8-11/h9-11H,2-8H2,1H3,(H,19,21)/t10-,11-/m0/s1. The number of sulfone groups is 1. The molecule has 0 spiro atoms. The number of nitrogens with one attached hydrogen (secondary N) is 1. The van der Waals surface area contributed by atoms with E-state index in [-0.39, 0.29) is 35.6 Å². The fourth-order valence-electron chi connectivity index (χ4n) is 3.82. The van der Waals surface area contributed by atoms with E-state index in [0.29, 0.717) is 17.7 Å². The Labute approximate surface area is 155 Å². The van der Waals surface area contributed by atoms with E-state index < -0.39 is 9.84 Å². The van der Waals surface area contributed by atoms with Gasteiger partial charge in [-0.25, -0.2) is 13.4 Å². The highest BCUT2D eigenvalue weighted by atomic mass is 32.2. The molecule has 2 aromatic heterocycles. The molecule has 1 aliphatic carbocycles. The minimum absolute atomic E-state index is 0.0266. The molecule has 0 unspecified atom stereocenters. The molecule has 1 saturated heterocycles. The number of amides is 1. The molecule has 1 fully saturated rings. The third-order valence-electron chi connectivity index (χ3n) is 5.19. The molecule has 0 aromatic carbocycles. The van der Waals surface area contributed by atoms with E-state index in [1.807, 2.05) is 0 Å². The number of fused-ring (bicyclic) bond motifs is 3. The maximum atomic E-state index is 12.9. The van der Waals surface area contributed by atoms with Gasteiger partial charge in [-0.05, 0) is 37.2 Å². The second kappa shape index (κ2) is 6.45. The molecule has 1 amide bonds. The van der Waals surface area contributed by atoms with Gasteiger partial charge in [-0.2, -0.15) is 0 Å². The lowest BCUT2D eigenvalue weighted by Crippen LogP contribution is -2.39. The molecule has 26 heavy (non-hydrogen) atoms. The van der Waals surface area contributed by atoms with Crippen LogP contribution in [0.4, 0.5) is 0 Å². The quantitative estimate of drug-likeness (QED) is 0.832. The lowest BCUT2D eigenvalue weighted by Gasteiger charge is -2.17. The highest BCUT2D eigenvalue weighted by Crippen LogP contribution is 2.35. The van der Waals surface area contributed by atoms with E-state index in [1.165, 1.54) is 15.8 Å². The molecule has 0 bridgehead atoms. The minimum Gasteiger partial charge on any atom is -0.351 e. The van der Waals surface area contributed by atoms with Crippen molar-refractivity contribution in [2.75, 3.05) is 11.5 Å². The topological polar surface area (TPSA) is 98.1 Å². The summed E-state index contributed by atoms with van der Waals surface area (Å²) in [6, 6.07) is -0.365. The molecule has 1 N–H and O–H groups in total. The third kappa shape index (κ3) is 3.29. The van der Waals surface area contributed by atoms with Crippen LogP contribution in [0.25, 0.3) is 10.2 Å². The number of hydrogen-bond acceptors (Lipinski definition) is 6. The molecule has 2 aromatic rings. The summed E-state index contributed by atoms with van der Waals surface area (Å²) >= 11 is 1.58. The normalized spacial score (nSPS) is 24.5. The van der Waals surface area contributed by atoms with Crippen LogP contribution in [0.1, 0.15) is 30.2 Å². The first-order valence-electron chi connectivity index (χ1n) is 8.82. The lowest BCUT2D eigenvalue weighted by atomic mass is 9.89. The minimum atomic E-state index is -3.05. The molecular weight excluding hydrogens is 374 g/mol. The van der Waals surface area contributed by atoms with Crippen molar-refractivity contribution in [3.05, 3.63) is 27.1 Å². The zero-order valence-corrected chi connectivity index (χ0v) is 16.2. The fourth-order valence-corrected chi connectivity index (χ4v) is 6.83. The summed E-state index contributed by atoms with van der Waals surface area (Å²) in [7, 11) is -3.05. The van der Waals surface area contributed by atoms with Crippen molar-refractivity contribution in [2.45, 2.75) is 45.2 Å². The Morgan fingerprint density at radius 3 is 2.96 bits per heavy atom. The molecule has 2 aliphatic rings. The summed E-state index contributed by atoms with van der Waals surface area (Å²) in [5, 5.41) is 3.37. The van der Waals surface area contributed by atoms with Crippen LogP contribution in [-0.2, 0) is 34.0 Å². The Balaban J connectivity index is 1.56. The van der Waals surface area contributed by atoms with Crippen molar-refractivity contribution in [2.24, 2.45) is 5.92 Å². The fraction of sp³-hybridized carbons (Fsp3) is 0.588. The molecule has 7 nitrogen and oxygen atoms in total. The molecular formula is C17H21N3O4S2. The first kappa shape index (κ1) is 17.7. The zero-order chi connectivity index (χ0) is 18.5. The highest BCUT2D eigenvalue weighted by Gasteiger charge is 2.29. The summed E-state index contributed by atoms with van der Waals surface area (Å²) in [6.45, 7) is 2.08. The third-order valence-corrected chi connectivity index (χ3v) is 8.12. The highest BCUT2D eigenvalue weighted by molar-refractivity contribution is 7.91. The number of carbonyl (C=O) groups is 1.